The predicted octanol–water partition coefficient (Wildman–Crippen LogP) is 5.13. The molecule has 0 spiro atoms. The monoisotopic (exact) mass is 250 g/mol. The van der Waals surface area contributed by atoms with Gasteiger partial charge in [-0.15, -0.1) is 0 Å². The quantitative estimate of drug-likeness (QED) is 0.638. The van der Waals surface area contributed by atoms with Crippen LogP contribution in [0.15, 0.2) is 0 Å². The number of carbonyl (C=O) groups excluding carboxylic acids is 1. The highest BCUT2D eigenvalue weighted by Gasteiger charge is 2.28. The largest absolute Gasteiger partial charge is 0.299 e. The molecule has 2 fully saturated rings. The maximum Gasteiger partial charge on any atom is 0.136 e. The van der Waals surface area contributed by atoms with Gasteiger partial charge < -0.3 is 0 Å². The summed E-state index contributed by atoms with van der Waals surface area (Å²) >= 11 is 0. The van der Waals surface area contributed by atoms with E-state index in [4.69, 9.17) is 0 Å². The van der Waals surface area contributed by atoms with Crippen molar-refractivity contribution in [2.75, 3.05) is 0 Å². The van der Waals surface area contributed by atoms with Crippen LogP contribution in [0.25, 0.3) is 0 Å². The SMILES string of the molecule is CCCCC1CCC(C(=O)CC2CCCC2)CC1. The van der Waals surface area contributed by atoms with Crippen LogP contribution in [-0.4, -0.2) is 5.78 Å². The molecule has 0 amide bonds. The molecular formula is C17H30O. The zero-order valence-electron chi connectivity index (χ0n) is 12.1. The lowest BCUT2D eigenvalue weighted by molar-refractivity contribution is -0.125. The molecule has 0 aromatic heterocycles. The fourth-order valence-corrected chi connectivity index (χ4v) is 3.93. The minimum Gasteiger partial charge on any atom is -0.299 e. The highest BCUT2D eigenvalue weighted by molar-refractivity contribution is 5.81. The predicted molar refractivity (Wildman–Crippen MR) is 76.6 cm³/mol. The molecule has 0 radical (unpaired) electrons. The summed E-state index contributed by atoms with van der Waals surface area (Å²) in [5, 5.41) is 0. The van der Waals surface area contributed by atoms with Crippen LogP contribution in [0.3, 0.4) is 0 Å². The van der Waals surface area contributed by atoms with Crippen LogP contribution in [0.5, 0.6) is 0 Å². The minimum absolute atomic E-state index is 0.434. The van der Waals surface area contributed by atoms with Crippen LogP contribution in [0.4, 0.5) is 0 Å². The van der Waals surface area contributed by atoms with Gasteiger partial charge >= 0.3 is 0 Å². The maximum absolute atomic E-state index is 12.3. The number of rotatable bonds is 6. The lowest BCUT2D eigenvalue weighted by Crippen LogP contribution is -2.23. The second-order valence-corrected chi connectivity index (χ2v) is 6.68. The Morgan fingerprint density at radius 2 is 1.61 bits per heavy atom. The highest BCUT2D eigenvalue weighted by atomic mass is 16.1. The van der Waals surface area contributed by atoms with Crippen LogP contribution in [0, 0.1) is 17.8 Å². The number of unbranched alkanes of at least 4 members (excludes halogenated alkanes) is 1. The van der Waals surface area contributed by atoms with Crippen molar-refractivity contribution in [2.45, 2.75) is 84.0 Å². The van der Waals surface area contributed by atoms with Gasteiger partial charge in [0.05, 0.1) is 0 Å². The number of Topliss-reactive ketones (excluding diaryl/α,β-unsaturated/α-hetero) is 1. The fraction of sp³-hybridized carbons (Fsp3) is 0.941. The van der Waals surface area contributed by atoms with E-state index in [9.17, 15) is 4.79 Å². The molecule has 104 valence electrons. The van der Waals surface area contributed by atoms with Gasteiger partial charge in [0.25, 0.3) is 0 Å². The molecule has 1 nitrogen and oxygen atoms in total. The van der Waals surface area contributed by atoms with E-state index in [0.29, 0.717) is 11.7 Å². The number of hydrogen-bond acceptors (Lipinski definition) is 1. The lowest BCUT2D eigenvalue weighted by Gasteiger charge is -2.28. The average molecular weight is 250 g/mol. The summed E-state index contributed by atoms with van der Waals surface area (Å²) in [4.78, 5) is 12.3. The first kappa shape index (κ1) is 14.1. The normalized spacial score (nSPS) is 29.6. The molecule has 0 atom stereocenters. The Bertz CT molecular complexity index is 244. The molecule has 0 aromatic carbocycles. The van der Waals surface area contributed by atoms with Crippen molar-refractivity contribution in [1.82, 2.24) is 0 Å². The van der Waals surface area contributed by atoms with E-state index >= 15 is 0 Å². The molecule has 18 heavy (non-hydrogen) atoms. The molecule has 2 rings (SSSR count). The van der Waals surface area contributed by atoms with Gasteiger partial charge in [0.2, 0.25) is 0 Å². The molecule has 0 unspecified atom stereocenters. The number of hydrogen-bond donors (Lipinski definition) is 0. The van der Waals surface area contributed by atoms with E-state index in [1.807, 2.05) is 0 Å². The van der Waals surface area contributed by atoms with Gasteiger partial charge in [-0.05, 0) is 37.5 Å². The zero-order valence-corrected chi connectivity index (χ0v) is 12.1. The third-order valence-corrected chi connectivity index (χ3v) is 5.23. The molecule has 0 saturated heterocycles. The molecule has 0 aromatic rings. The molecule has 2 aliphatic carbocycles. The van der Waals surface area contributed by atoms with E-state index in [0.717, 1.165) is 18.3 Å². The van der Waals surface area contributed by atoms with E-state index in [-0.39, 0.29) is 0 Å². The van der Waals surface area contributed by atoms with Gasteiger partial charge in [-0.25, -0.2) is 0 Å². The van der Waals surface area contributed by atoms with Crippen molar-refractivity contribution in [3.05, 3.63) is 0 Å². The molecule has 1 heteroatoms. The van der Waals surface area contributed by atoms with Crippen molar-refractivity contribution in [1.29, 1.82) is 0 Å². The topological polar surface area (TPSA) is 17.1 Å². The Hall–Kier alpha value is -0.330. The smallest absolute Gasteiger partial charge is 0.136 e. The number of carbonyl (C=O) groups is 1. The second-order valence-electron chi connectivity index (χ2n) is 6.68. The standard InChI is InChI=1S/C17H30O/c1-2-3-6-14-9-11-16(12-10-14)17(18)13-15-7-4-5-8-15/h14-16H,2-13H2,1H3. The van der Waals surface area contributed by atoms with Crippen LogP contribution in [-0.2, 0) is 4.79 Å². The van der Waals surface area contributed by atoms with Crippen molar-refractivity contribution >= 4 is 5.78 Å². The average Bonchev–Trinajstić information content (AvgIpc) is 2.89. The van der Waals surface area contributed by atoms with Gasteiger partial charge in [-0.3, -0.25) is 4.79 Å². The summed E-state index contributed by atoms with van der Waals surface area (Å²) in [5.41, 5.74) is 0. The first-order valence-electron chi connectivity index (χ1n) is 8.32. The van der Waals surface area contributed by atoms with Crippen molar-refractivity contribution in [2.24, 2.45) is 17.8 Å². The molecular weight excluding hydrogens is 220 g/mol. The van der Waals surface area contributed by atoms with Gasteiger partial charge in [0.15, 0.2) is 0 Å². The van der Waals surface area contributed by atoms with Crippen LogP contribution in [0.1, 0.15) is 84.0 Å². The summed E-state index contributed by atoms with van der Waals surface area (Å²) in [6, 6.07) is 0. The van der Waals surface area contributed by atoms with Crippen LogP contribution in [0.2, 0.25) is 0 Å². The Kier molecular flexibility index (Phi) is 5.72. The fourth-order valence-electron chi connectivity index (χ4n) is 3.93. The maximum atomic E-state index is 12.3. The van der Waals surface area contributed by atoms with Gasteiger partial charge in [0.1, 0.15) is 5.78 Å². The van der Waals surface area contributed by atoms with E-state index < -0.39 is 0 Å². The Morgan fingerprint density at radius 3 is 2.22 bits per heavy atom. The van der Waals surface area contributed by atoms with Gasteiger partial charge in [0, 0.05) is 12.3 Å². The van der Waals surface area contributed by atoms with E-state index in [1.165, 1.54) is 70.6 Å². The summed E-state index contributed by atoms with van der Waals surface area (Å²) in [6.07, 6.45) is 15.4. The minimum atomic E-state index is 0.434. The molecule has 2 saturated carbocycles. The summed E-state index contributed by atoms with van der Waals surface area (Å²) < 4.78 is 0. The molecule has 0 aliphatic heterocycles. The molecule has 0 N–H and O–H groups in total. The third kappa shape index (κ3) is 4.10. The van der Waals surface area contributed by atoms with Gasteiger partial charge in [-0.1, -0.05) is 51.9 Å². The lowest BCUT2D eigenvalue weighted by atomic mass is 9.76. The van der Waals surface area contributed by atoms with Gasteiger partial charge in [-0.2, -0.15) is 0 Å². The van der Waals surface area contributed by atoms with E-state index in [2.05, 4.69) is 6.92 Å². The first-order chi connectivity index (χ1) is 8.79. The first-order valence-corrected chi connectivity index (χ1v) is 8.32. The highest BCUT2D eigenvalue weighted by Crippen LogP contribution is 2.35. The molecule has 0 bridgehead atoms. The summed E-state index contributed by atoms with van der Waals surface area (Å²) in [6.45, 7) is 2.27. The second kappa shape index (κ2) is 7.31. The Labute approximate surface area is 113 Å². The molecule has 2 aliphatic rings. The summed E-state index contributed by atoms with van der Waals surface area (Å²) in [5.74, 6) is 2.72. The summed E-state index contributed by atoms with van der Waals surface area (Å²) in [7, 11) is 0. The molecule has 0 heterocycles. The number of ketones is 1. The van der Waals surface area contributed by atoms with E-state index in [1.54, 1.807) is 0 Å². The van der Waals surface area contributed by atoms with Crippen molar-refractivity contribution in [3.8, 4) is 0 Å². The van der Waals surface area contributed by atoms with Crippen molar-refractivity contribution < 1.29 is 4.79 Å². The third-order valence-electron chi connectivity index (χ3n) is 5.23. The van der Waals surface area contributed by atoms with Crippen LogP contribution < -0.4 is 0 Å². The van der Waals surface area contributed by atoms with Crippen LogP contribution >= 0.6 is 0 Å². The zero-order chi connectivity index (χ0) is 12.8. The Balaban J connectivity index is 1.66. The Morgan fingerprint density at radius 1 is 0.944 bits per heavy atom. The van der Waals surface area contributed by atoms with Crippen molar-refractivity contribution in [3.63, 3.8) is 0 Å².